The summed E-state index contributed by atoms with van der Waals surface area (Å²) in [6.07, 6.45) is 2.11. The number of carbonyl (C=O) groups is 1. The highest BCUT2D eigenvalue weighted by atomic mass is 19.2. The number of ether oxygens (including phenoxy) is 2. The van der Waals surface area contributed by atoms with Gasteiger partial charge in [0.1, 0.15) is 18.1 Å². The Hall–Kier alpha value is -2.67. The molecule has 1 N–H and O–H groups in total. The first-order valence-electron chi connectivity index (χ1n) is 9.40. The fraction of sp³-hybridized carbons (Fsp3) is 0.381. The Morgan fingerprint density at radius 2 is 1.82 bits per heavy atom. The Balaban J connectivity index is 1.41. The lowest BCUT2D eigenvalue weighted by Crippen LogP contribution is -2.32. The summed E-state index contributed by atoms with van der Waals surface area (Å²) >= 11 is 0. The summed E-state index contributed by atoms with van der Waals surface area (Å²) in [6, 6.07) is 11.0. The highest BCUT2D eigenvalue weighted by Crippen LogP contribution is 2.18. The number of halogens is 2. The van der Waals surface area contributed by atoms with E-state index in [9.17, 15) is 13.6 Å². The van der Waals surface area contributed by atoms with E-state index < -0.39 is 11.6 Å². The zero-order valence-electron chi connectivity index (χ0n) is 15.6. The zero-order valence-corrected chi connectivity index (χ0v) is 15.6. The largest absolute Gasteiger partial charge is 0.492 e. The molecule has 2 aromatic rings. The van der Waals surface area contributed by atoms with Crippen LogP contribution >= 0.6 is 0 Å². The van der Waals surface area contributed by atoms with Gasteiger partial charge in [0.25, 0.3) is 5.91 Å². The van der Waals surface area contributed by atoms with Crippen LogP contribution in [0.5, 0.6) is 11.5 Å². The van der Waals surface area contributed by atoms with Gasteiger partial charge in [-0.1, -0.05) is 18.2 Å². The SMILES string of the molecule is O=C(COc1ccccc1CNCCOc1ccc(F)c(F)c1)N1CCCC1. The first kappa shape index (κ1) is 20.1. The Bertz CT molecular complexity index is 795. The molecule has 1 aliphatic heterocycles. The van der Waals surface area contributed by atoms with Crippen LogP contribution in [0, 0.1) is 11.6 Å². The molecule has 1 amide bonds. The molecule has 1 aliphatic rings. The molecule has 0 radical (unpaired) electrons. The maximum atomic E-state index is 13.1. The standard InChI is InChI=1S/C21H24F2N2O3/c22-18-8-7-17(13-19(18)23)27-12-9-24-14-16-5-1-2-6-20(16)28-15-21(26)25-10-3-4-11-25/h1-2,5-8,13,24H,3-4,9-12,14-15H2. The van der Waals surface area contributed by atoms with Gasteiger partial charge in [-0.2, -0.15) is 0 Å². The van der Waals surface area contributed by atoms with E-state index >= 15 is 0 Å². The number of carbonyl (C=O) groups excluding carboxylic acids is 1. The number of para-hydroxylation sites is 1. The van der Waals surface area contributed by atoms with Gasteiger partial charge in [0.15, 0.2) is 18.2 Å². The lowest BCUT2D eigenvalue weighted by molar-refractivity contribution is -0.132. The maximum Gasteiger partial charge on any atom is 0.260 e. The van der Waals surface area contributed by atoms with Gasteiger partial charge in [0.05, 0.1) is 0 Å². The first-order chi connectivity index (χ1) is 13.6. The number of likely N-dealkylation sites (tertiary alicyclic amines) is 1. The molecule has 2 aromatic carbocycles. The van der Waals surface area contributed by atoms with Gasteiger partial charge < -0.3 is 19.7 Å². The van der Waals surface area contributed by atoms with Gasteiger partial charge in [-0.05, 0) is 31.0 Å². The molecular formula is C21H24F2N2O3. The van der Waals surface area contributed by atoms with Crippen LogP contribution < -0.4 is 14.8 Å². The van der Waals surface area contributed by atoms with Crippen molar-refractivity contribution in [1.82, 2.24) is 10.2 Å². The molecule has 0 aromatic heterocycles. The molecule has 1 heterocycles. The van der Waals surface area contributed by atoms with E-state index in [-0.39, 0.29) is 18.3 Å². The van der Waals surface area contributed by atoms with E-state index in [1.807, 2.05) is 29.2 Å². The van der Waals surface area contributed by atoms with Gasteiger partial charge in [0, 0.05) is 37.8 Å². The Labute approximate surface area is 163 Å². The third-order valence-electron chi connectivity index (χ3n) is 4.54. The number of rotatable bonds is 9. The van der Waals surface area contributed by atoms with E-state index in [2.05, 4.69) is 5.32 Å². The second-order valence-electron chi connectivity index (χ2n) is 6.59. The minimum absolute atomic E-state index is 0.0141. The first-order valence-corrected chi connectivity index (χ1v) is 9.40. The molecular weight excluding hydrogens is 366 g/mol. The summed E-state index contributed by atoms with van der Waals surface area (Å²) in [5, 5.41) is 3.21. The average molecular weight is 390 g/mol. The summed E-state index contributed by atoms with van der Waals surface area (Å²) in [4.78, 5) is 14.0. The molecule has 0 saturated carbocycles. The van der Waals surface area contributed by atoms with Gasteiger partial charge in [-0.25, -0.2) is 8.78 Å². The highest BCUT2D eigenvalue weighted by molar-refractivity contribution is 5.78. The van der Waals surface area contributed by atoms with Crippen molar-refractivity contribution >= 4 is 5.91 Å². The summed E-state index contributed by atoms with van der Waals surface area (Å²) < 4.78 is 37.1. The van der Waals surface area contributed by atoms with Crippen molar-refractivity contribution in [1.29, 1.82) is 0 Å². The van der Waals surface area contributed by atoms with Crippen LogP contribution in [0.15, 0.2) is 42.5 Å². The number of amides is 1. The highest BCUT2D eigenvalue weighted by Gasteiger charge is 2.18. The fourth-order valence-corrected chi connectivity index (χ4v) is 3.02. The van der Waals surface area contributed by atoms with Gasteiger partial charge in [0.2, 0.25) is 0 Å². The van der Waals surface area contributed by atoms with Crippen LogP contribution in [0.1, 0.15) is 18.4 Å². The second kappa shape index (κ2) is 10.0. The number of nitrogens with one attached hydrogen (secondary N) is 1. The average Bonchev–Trinajstić information content (AvgIpc) is 3.24. The molecule has 0 unspecified atom stereocenters. The molecule has 28 heavy (non-hydrogen) atoms. The quantitative estimate of drug-likeness (QED) is 0.669. The topological polar surface area (TPSA) is 50.8 Å². The molecule has 5 nitrogen and oxygen atoms in total. The van der Waals surface area contributed by atoms with Crippen LogP contribution in [-0.2, 0) is 11.3 Å². The summed E-state index contributed by atoms with van der Waals surface area (Å²) in [7, 11) is 0. The van der Waals surface area contributed by atoms with Gasteiger partial charge in [-0.3, -0.25) is 4.79 Å². The zero-order chi connectivity index (χ0) is 19.8. The van der Waals surface area contributed by atoms with Crippen molar-refractivity contribution in [2.75, 3.05) is 32.8 Å². The Kier molecular flexibility index (Phi) is 7.19. The van der Waals surface area contributed by atoms with Crippen molar-refractivity contribution < 1.29 is 23.0 Å². The number of hydrogen-bond donors (Lipinski definition) is 1. The molecule has 0 aliphatic carbocycles. The van der Waals surface area contributed by atoms with Crippen LogP contribution in [-0.4, -0.2) is 43.7 Å². The van der Waals surface area contributed by atoms with E-state index in [1.54, 1.807) is 0 Å². The van der Waals surface area contributed by atoms with E-state index in [0.29, 0.717) is 25.4 Å². The monoisotopic (exact) mass is 390 g/mol. The minimum atomic E-state index is -0.931. The Morgan fingerprint density at radius 1 is 1.04 bits per heavy atom. The van der Waals surface area contributed by atoms with Crippen molar-refractivity contribution in [2.45, 2.75) is 19.4 Å². The van der Waals surface area contributed by atoms with E-state index in [1.165, 1.54) is 6.07 Å². The van der Waals surface area contributed by atoms with Crippen LogP contribution in [0.4, 0.5) is 8.78 Å². The fourth-order valence-electron chi connectivity index (χ4n) is 3.02. The summed E-state index contributed by atoms with van der Waals surface area (Å²) in [5.41, 5.74) is 0.935. The lowest BCUT2D eigenvalue weighted by Gasteiger charge is -2.17. The number of nitrogens with zero attached hydrogens (tertiary/aromatic N) is 1. The molecule has 1 saturated heterocycles. The van der Waals surface area contributed by atoms with Gasteiger partial charge >= 0.3 is 0 Å². The molecule has 0 spiro atoms. The molecule has 150 valence electrons. The predicted octanol–water partition coefficient (Wildman–Crippen LogP) is 3.13. The molecule has 7 heteroatoms. The van der Waals surface area contributed by atoms with Crippen molar-refractivity contribution in [2.24, 2.45) is 0 Å². The number of benzene rings is 2. The second-order valence-corrected chi connectivity index (χ2v) is 6.59. The molecule has 1 fully saturated rings. The van der Waals surface area contributed by atoms with Crippen molar-refractivity contribution in [3.8, 4) is 11.5 Å². The van der Waals surface area contributed by atoms with Crippen LogP contribution in [0.3, 0.4) is 0 Å². The van der Waals surface area contributed by atoms with E-state index in [4.69, 9.17) is 9.47 Å². The van der Waals surface area contributed by atoms with Gasteiger partial charge in [-0.15, -0.1) is 0 Å². The molecule has 0 atom stereocenters. The summed E-state index contributed by atoms with van der Waals surface area (Å²) in [6.45, 7) is 3.01. The lowest BCUT2D eigenvalue weighted by atomic mass is 10.2. The smallest absolute Gasteiger partial charge is 0.260 e. The number of hydrogen-bond acceptors (Lipinski definition) is 4. The van der Waals surface area contributed by atoms with Crippen molar-refractivity contribution in [3.63, 3.8) is 0 Å². The maximum absolute atomic E-state index is 13.1. The molecule has 3 rings (SSSR count). The predicted molar refractivity (Wildman–Crippen MR) is 101 cm³/mol. The van der Waals surface area contributed by atoms with E-state index in [0.717, 1.165) is 43.6 Å². The third kappa shape index (κ3) is 5.66. The van der Waals surface area contributed by atoms with Crippen molar-refractivity contribution in [3.05, 3.63) is 59.7 Å². The normalized spacial score (nSPS) is 13.6. The van der Waals surface area contributed by atoms with Crippen LogP contribution in [0.2, 0.25) is 0 Å². The summed E-state index contributed by atoms with van der Waals surface area (Å²) in [5.74, 6) is -0.862. The van der Waals surface area contributed by atoms with Crippen LogP contribution in [0.25, 0.3) is 0 Å². The third-order valence-corrected chi connectivity index (χ3v) is 4.54. The molecule has 0 bridgehead atoms. The Morgan fingerprint density at radius 3 is 2.61 bits per heavy atom. The minimum Gasteiger partial charge on any atom is -0.492 e.